The second-order valence-electron chi connectivity index (χ2n) is 6.71. The van der Waals surface area contributed by atoms with E-state index >= 15 is 0 Å². The zero-order valence-corrected chi connectivity index (χ0v) is 15.0. The van der Waals surface area contributed by atoms with E-state index in [1.165, 1.54) is 33.3 Å². The summed E-state index contributed by atoms with van der Waals surface area (Å²) in [7, 11) is 3.91. The highest BCUT2D eigenvalue weighted by Crippen LogP contribution is 2.34. The smallest absolute Gasteiger partial charge is 0.119 e. The van der Waals surface area contributed by atoms with E-state index in [1.54, 1.807) is 7.11 Å². The van der Waals surface area contributed by atoms with Crippen molar-refractivity contribution in [2.75, 3.05) is 20.7 Å². The number of pyridine rings is 1. The average Bonchev–Trinajstić information content (AvgIpc) is 2.95. The first-order chi connectivity index (χ1) is 12.2. The quantitative estimate of drug-likeness (QED) is 0.724. The largest absolute Gasteiger partial charge is 0.497 e. The van der Waals surface area contributed by atoms with Crippen molar-refractivity contribution in [3.05, 3.63) is 59.5 Å². The van der Waals surface area contributed by atoms with Crippen LogP contribution in [0.5, 0.6) is 5.75 Å². The van der Waals surface area contributed by atoms with Gasteiger partial charge < -0.3 is 14.2 Å². The summed E-state index contributed by atoms with van der Waals surface area (Å²) in [6, 6.07) is 10.5. The number of hydrogen-bond acceptors (Lipinski definition) is 3. The molecule has 25 heavy (non-hydrogen) atoms. The van der Waals surface area contributed by atoms with Crippen molar-refractivity contribution in [3.63, 3.8) is 0 Å². The van der Waals surface area contributed by atoms with Crippen LogP contribution < -0.4 is 4.74 Å². The van der Waals surface area contributed by atoms with Crippen LogP contribution in [-0.2, 0) is 13.0 Å². The van der Waals surface area contributed by atoms with Gasteiger partial charge in [-0.25, -0.2) is 0 Å². The van der Waals surface area contributed by atoms with E-state index in [9.17, 15) is 0 Å². The summed E-state index contributed by atoms with van der Waals surface area (Å²) in [5.74, 6) is 0.913. The van der Waals surface area contributed by atoms with E-state index < -0.39 is 0 Å². The van der Waals surface area contributed by atoms with Crippen molar-refractivity contribution < 1.29 is 4.74 Å². The molecule has 0 bridgehead atoms. The lowest BCUT2D eigenvalue weighted by Gasteiger charge is -2.23. The number of benzene rings is 1. The topological polar surface area (TPSA) is 30.3 Å². The summed E-state index contributed by atoms with van der Waals surface area (Å²) >= 11 is 0. The van der Waals surface area contributed by atoms with Gasteiger partial charge in [0, 0.05) is 49.2 Å². The van der Waals surface area contributed by atoms with Gasteiger partial charge in [-0.3, -0.25) is 4.98 Å². The van der Waals surface area contributed by atoms with E-state index in [0.29, 0.717) is 0 Å². The average molecular weight is 333 g/mol. The van der Waals surface area contributed by atoms with Crippen LogP contribution in [-0.4, -0.2) is 35.2 Å². The highest BCUT2D eigenvalue weighted by atomic mass is 16.5. The Labute approximate surface area is 148 Å². The number of allylic oxidation sites excluding steroid dienone is 1. The third-order valence-electron chi connectivity index (χ3n) is 5.04. The van der Waals surface area contributed by atoms with Gasteiger partial charge in [0.25, 0.3) is 0 Å². The molecule has 0 aliphatic carbocycles. The zero-order chi connectivity index (χ0) is 17.4. The lowest BCUT2D eigenvalue weighted by Crippen LogP contribution is -2.26. The fourth-order valence-corrected chi connectivity index (χ4v) is 3.66. The second kappa shape index (κ2) is 6.37. The SMILES string of the molecule is COc1ccc2c(c1)c1c(n2/C=C(\C)c2ccncc2)CCN(C)C1. The molecule has 3 aromatic rings. The van der Waals surface area contributed by atoms with Crippen molar-refractivity contribution >= 4 is 22.7 Å². The van der Waals surface area contributed by atoms with E-state index in [4.69, 9.17) is 4.74 Å². The third-order valence-corrected chi connectivity index (χ3v) is 5.04. The van der Waals surface area contributed by atoms with Gasteiger partial charge in [-0.2, -0.15) is 0 Å². The molecule has 0 unspecified atom stereocenters. The van der Waals surface area contributed by atoms with Gasteiger partial charge in [-0.05, 0) is 61.0 Å². The van der Waals surface area contributed by atoms with Crippen LogP contribution >= 0.6 is 0 Å². The highest BCUT2D eigenvalue weighted by Gasteiger charge is 2.22. The molecule has 1 aliphatic heterocycles. The molecule has 0 amide bonds. The molecule has 0 saturated carbocycles. The van der Waals surface area contributed by atoms with Crippen molar-refractivity contribution in [1.82, 2.24) is 14.5 Å². The van der Waals surface area contributed by atoms with Crippen LogP contribution in [0.2, 0.25) is 0 Å². The van der Waals surface area contributed by atoms with E-state index in [-0.39, 0.29) is 0 Å². The number of ether oxygens (including phenoxy) is 1. The Morgan fingerprint density at radius 1 is 1.20 bits per heavy atom. The molecule has 0 radical (unpaired) electrons. The van der Waals surface area contributed by atoms with Crippen LogP contribution in [0.3, 0.4) is 0 Å². The monoisotopic (exact) mass is 333 g/mol. The Hall–Kier alpha value is -2.59. The van der Waals surface area contributed by atoms with Crippen molar-refractivity contribution in [3.8, 4) is 5.75 Å². The maximum atomic E-state index is 5.45. The predicted molar refractivity (Wildman–Crippen MR) is 103 cm³/mol. The number of methoxy groups -OCH3 is 1. The Balaban J connectivity index is 1.91. The van der Waals surface area contributed by atoms with Gasteiger partial charge in [0.1, 0.15) is 5.75 Å². The van der Waals surface area contributed by atoms with E-state index in [2.05, 4.69) is 58.9 Å². The summed E-state index contributed by atoms with van der Waals surface area (Å²) in [5.41, 5.74) is 6.51. The Morgan fingerprint density at radius 2 is 2.00 bits per heavy atom. The fraction of sp³-hybridized carbons (Fsp3) is 0.286. The van der Waals surface area contributed by atoms with Gasteiger partial charge >= 0.3 is 0 Å². The molecule has 0 atom stereocenters. The Morgan fingerprint density at radius 3 is 2.76 bits per heavy atom. The Kier molecular flexibility index (Phi) is 4.06. The van der Waals surface area contributed by atoms with Crippen molar-refractivity contribution in [1.29, 1.82) is 0 Å². The number of hydrogen-bond donors (Lipinski definition) is 0. The van der Waals surface area contributed by atoms with E-state index in [1.807, 2.05) is 18.5 Å². The first-order valence-corrected chi connectivity index (χ1v) is 8.64. The van der Waals surface area contributed by atoms with Crippen LogP contribution in [0.1, 0.15) is 23.7 Å². The number of rotatable bonds is 3. The van der Waals surface area contributed by atoms with Gasteiger partial charge in [-0.15, -0.1) is 0 Å². The normalized spacial score (nSPS) is 15.4. The van der Waals surface area contributed by atoms with Gasteiger partial charge in [0.15, 0.2) is 0 Å². The highest BCUT2D eigenvalue weighted by molar-refractivity contribution is 5.91. The van der Waals surface area contributed by atoms with Crippen LogP contribution in [0, 0.1) is 0 Å². The van der Waals surface area contributed by atoms with Gasteiger partial charge in [0.05, 0.1) is 12.6 Å². The maximum Gasteiger partial charge on any atom is 0.119 e. The lowest BCUT2D eigenvalue weighted by molar-refractivity contribution is 0.312. The molecule has 3 heterocycles. The predicted octanol–water partition coefficient (Wildman–Crippen LogP) is 4.05. The molecule has 0 fully saturated rings. The summed E-state index contributed by atoms with van der Waals surface area (Å²) in [4.78, 5) is 6.50. The number of nitrogens with zero attached hydrogens (tertiary/aromatic N) is 3. The summed E-state index contributed by atoms with van der Waals surface area (Å²) in [6.07, 6.45) is 7.00. The standard InChI is InChI=1S/C21H23N3O/c1-15(16-6-9-22-10-7-16)13-24-20-5-4-17(25-3)12-18(20)19-14-23(2)11-8-21(19)24/h4-7,9-10,12-13H,8,11,14H2,1-3H3/b15-13+. The minimum atomic E-state index is 0.913. The van der Waals surface area contributed by atoms with E-state index in [0.717, 1.165) is 25.3 Å². The molecular formula is C21H23N3O. The van der Waals surface area contributed by atoms with Crippen LogP contribution in [0.15, 0.2) is 42.7 Å². The molecular weight excluding hydrogens is 310 g/mol. The Bertz CT molecular complexity index is 941. The fourth-order valence-electron chi connectivity index (χ4n) is 3.66. The third kappa shape index (κ3) is 2.83. The first kappa shape index (κ1) is 15.9. The summed E-state index contributed by atoms with van der Waals surface area (Å²) in [6.45, 7) is 4.22. The number of likely N-dealkylation sites (N-methyl/N-ethyl adjacent to an activating group) is 1. The minimum absolute atomic E-state index is 0.913. The zero-order valence-electron chi connectivity index (χ0n) is 15.0. The molecule has 0 saturated heterocycles. The molecule has 4 rings (SSSR count). The lowest BCUT2D eigenvalue weighted by atomic mass is 10.0. The molecule has 1 aliphatic rings. The molecule has 0 spiro atoms. The van der Waals surface area contributed by atoms with Crippen LogP contribution in [0.25, 0.3) is 22.7 Å². The van der Waals surface area contributed by atoms with Gasteiger partial charge in [0.2, 0.25) is 0 Å². The maximum absolute atomic E-state index is 5.45. The number of aromatic nitrogens is 2. The minimum Gasteiger partial charge on any atom is -0.497 e. The van der Waals surface area contributed by atoms with Crippen molar-refractivity contribution in [2.45, 2.75) is 19.9 Å². The van der Waals surface area contributed by atoms with Crippen LogP contribution in [0.4, 0.5) is 0 Å². The first-order valence-electron chi connectivity index (χ1n) is 8.64. The molecule has 128 valence electrons. The molecule has 2 aromatic heterocycles. The summed E-state index contributed by atoms with van der Waals surface area (Å²) in [5, 5.41) is 1.29. The molecule has 4 nitrogen and oxygen atoms in total. The molecule has 0 N–H and O–H groups in total. The number of fused-ring (bicyclic) bond motifs is 3. The van der Waals surface area contributed by atoms with Gasteiger partial charge in [-0.1, -0.05) is 0 Å². The molecule has 1 aromatic carbocycles. The summed E-state index contributed by atoms with van der Waals surface area (Å²) < 4.78 is 7.82. The van der Waals surface area contributed by atoms with Crippen molar-refractivity contribution in [2.24, 2.45) is 0 Å². The molecule has 4 heteroatoms. The second-order valence-corrected chi connectivity index (χ2v) is 6.71.